The van der Waals surface area contributed by atoms with E-state index in [1.165, 1.54) is 0 Å². The van der Waals surface area contributed by atoms with Crippen LogP contribution >= 0.6 is 0 Å². The van der Waals surface area contributed by atoms with Gasteiger partial charge in [0.25, 0.3) is 0 Å². The molecule has 0 aliphatic carbocycles. The number of likely N-dealkylation sites (tertiary alicyclic amines) is 1. The number of carboxylic acid groups (broad SMARTS) is 1. The maximum atomic E-state index is 11.9. The fourth-order valence-electron chi connectivity index (χ4n) is 2.78. The van der Waals surface area contributed by atoms with Crippen LogP contribution in [0.25, 0.3) is 0 Å². The van der Waals surface area contributed by atoms with Gasteiger partial charge in [0, 0.05) is 25.6 Å². The van der Waals surface area contributed by atoms with Crippen molar-refractivity contribution in [3.63, 3.8) is 0 Å². The number of ether oxygens (including phenoxy) is 1. The van der Waals surface area contributed by atoms with Crippen molar-refractivity contribution in [1.29, 1.82) is 0 Å². The quantitative estimate of drug-likeness (QED) is 0.813. The number of carboxylic acids is 1. The molecule has 1 heterocycles. The van der Waals surface area contributed by atoms with E-state index < -0.39 is 17.7 Å². The Bertz CT molecular complexity index is 365. The van der Waals surface area contributed by atoms with Crippen molar-refractivity contribution in [2.75, 3.05) is 19.6 Å². The highest BCUT2D eigenvalue weighted by Gasteiger charge is 2.30. The molecular weight excluding hydrogens is 272 g/mol. The minimum atomic E-state index is -0.783. The van der Waals surface area contributed by atoms with E-state index in [4.69, 9.17) is 9.84 Å². The van der Waals surface area contributed by atoms with E-state index in [1.807, 2.05) is 20.8 Å². The van der Waals surface area contributed by atoms with Gasteiger partial charge in [0.2, 0.25) is 0 Å². The van der Waals surface area contributed by atoms with Gasteiger partial charge in [-0.3, -0.25) is 4.79 Å². The Balaban J connectivity index is 2.58. The molecule has 21 heavy (non-hydrogen) atoms. The predicted octanol–water partition coefficient (Wildman–Crippen LogP) is 2.09. The smallest absolute Gasteiger partial charge is 0.407 e. The molecule has 0 aromatic heterocycles. The number of alkyl carbamates (subject to hydrolysis) is 1. The first-order chi connectivity index (χ1) is 9.69. The van der Waals surface area contributed by atoms with E-state index in [2.05, 4.69) is 17.1 Å². The summed E-state index contributed by atoms with van der Waals surface area (Å²) in [5.74, 6) is -0.711. The third-order valence-electron chi connectivity index (χ3n) is 3.34. The average Bonchev–Trinajstić information content (AvgIpc) is 2.24. The van der Waals surface area contributed by atoms with Gasteiger partial charge in [-0.05, 0) is 46.1 Å². The molecule has 0 radical (unpaired) electrons. The van der Waals surface area contributed by atoms with Gasteiger partial charge in [-0.2, -0.15) is 0 Å². The summed E-state index contributed by atoms with van der Waals surface area (Å²) < 4.78 is 5.27. The first-order valence-corrected chi connectivity index (χ1v) is 7.63. The lowest BCUT2D eigenvalue weighted by Gasteiger charge is -2.37. The van der Waals surface area contributed by atoms with Crippen LogP contribution in [-0.4, -0.2) is 53.3 Å². The lowest BCUT2D eigenvalue weighted by atomic mass is 9.91. The highest BCUT2D eigenvalue weighted by molar-refractivity contribution is 5.68. The van der Waals surface area contributed by atoms with Gasteiger partial charge in [0.15, 0.2) is 0 Å². The first kappa shape index (κ1) is 17.8. The molecule has 1 saturated heterocycles. The van der Waals surface area contributed by atoms with Crippen LogP contribution < -0.4 is 5.32 Å². The van der Waals surface area contributed by atoms with Crippen LogP contribution in [0, 0.1) is 5.92 Å². The Kier molecular flexibility index (Phi) is 6.45. The average molecular weight is 300 g/mol. The largest absolute Gasteiger partial charge is 0.481 e. The SMILES string of the molecule is CCCN1CC(CC(=O)O)CC(NC(=O)OC(C)(C)C)C1. The molecule has 2 N–H and O–H groups in total. The van der Waals surface area contributed by atoms with Crippen LogP contribution in [0.15, 0.2) is 0 Å². The third kappa shape index (κ3) is 7.32. The van der Waals surface area contributed by atoms with Gasteiger partial charge in [0.05, 0.1) is 0 Å². The van der Waals surface area contributed by atoms with Crippen molar-refractivity contribution in [3.8, 4) is 0 Å². The minimum absolute atomic E-state index is 0.0514. The Hall–Kier alpha value is -1.30. The minimum Gasteiger partial charge on any atom is -0.481 e. The maximum absolute atomic E-state index is 11.9. The summed E-state index contributed by atoms with van der Waals surface area (Å²) in [4.78, 5) is 25.0. The molecule has 0 aromatic rings. The molecule has 2 atom stereocenters. The third-order valence-corrected chi connectivity index (χ3v) is 3.34. The number of carbonyl (C=O) groups is 2. The summed E-state index contributed by atoms with van der Waals surface area (Å²) in [6.07, 6.45) is 1.41. The van der Waals surface area contributed by atoms with Crippen molar-refractivity contribution in [1.82, 2.24) is 10.2 Å². The summed E-state index contributed by atoms with van der Waals surface area (Å²) in [6, 6.07) is -0.0514. The molecule has 1 rings (SSSR count). The zero-order chi connectivity index (χ0) is 16.0. The predicted molar refractivity (Wildman–Crippen MR) is 80.2 cm³/mol. The Morgan fingerprint density at radius 2 is 2.00 bits per heavy atom. The lowest BCUT2D eigenvalue weighted by molar-refractivity contribution is -0.138. The second-order valence-corrected chi connectivity index (χ2v) is 6.80. The van der Waals surface area contributed by atoms with Gasteiger partial charge < -0.3 is 20.1 Å². The van der Waals surface area contributed by atoms with Crippen molar-refractivity contribution in [3.05, 3.63) is 0 Å². The molecule has 1 amide bonds. The van der Waals surface area contributed by atoms with Crippen LogP contribution in [0.5, 0.6) is 0 Å². The second-order valence-electron chi connectivity index (χ2n) is 6.80. The van der Waals surface area contributed by atoms with Gasteiger partial charge in [-0.15, -0.1) is 0 Å². The van der Waals surface area contributed by atoms with E-state index in [-0.39, 0.29) is 18.4 Å². The molecule has 0 spiro atoms. The number of nitrogens with zero attached hydrogens (tertiary/aromatic N) is 1. The number of carbonyl (C=O) groups excluding carboxylic acids is 1. The van der Waals surface area contributed by atoms with Crippen LogP contribution in [0.4, 0.5) is 4.79 Å². The van der Waals surface area contributed by atoms with E-state index in [1.54, 1.807) is 0 Å². The molecule has 6 heteroatoms. The van der Waals surface area contributed by atoms with Crippen LogP contribution in [0.3, 0.4) is 0 Å². The number of aliphatic carboxylic acids is 1. The number of rotatable bonds is 5. The first-order valence-electron chi connectivity index (χ1n) is 7.63. The van der Waals surface area contributed by atoms with Gasteiger partial charge in [0.1, 0.15) is 5.60 Å². The summed E-state index contributed by atoms with van der Waals surface area (Å²) in [6.45, 7) is 10.0. The normalized spacial score (nSPS) is 23.6. The standard InChI is InChI=1S/C15H28N2O4/c1-5-6-17-9-11(8-13(18)19)7-12(10-17)16-14(20)21-15(2,3)4/h11-12H,5-10H2,1-4H3,(H,16,20)(H,18,19). The Morgan fingerprint density at radius 1 is 1.33 bits per heavy atom. The summed E-state index contributed by atoms with van der Waals surface area (Å²) in [5, 5.41) is 11.8. The van der Waals surface area contributed by atoms with E-state index >= 15 is 0 Å². The number of hydrogen-bond donors (Lipinski definition) is 2. The molecule has 2 unspecified atom stereocenters. The topological polar surface area (TPSA) is 78.9 Å². The monoisotopic (exact) mass is 300 g/mol. The maximum Gasteiger partial charge on any atom is 0.407 e. The number of hydrogen-bond acceptors (Lipinski definition) is 4. The summed E-state index contributed by atoms with van der Waals surface area (Å²) >= 11 is 0. The van der Waals surface area contributed by atoms with E-state index in [9.17, 15) is 9.59 Å². The van der Waals surface area contributed by atoms with Crippen molar-refractivity contribution >= 4 is 12.1 Å². The Labute approximate surface area is 126 Å². The van der Waals surface area contributed by atoms with Gasteiger partial charge in [-0.1, -0.05) is 6.92 Å². The highest BCUT2D eigenvalue weighted by atomic mass is 16.6. The molecule has 0 aromatic carbocycles. The molecular formula is C15H28N2O4. The number of piperidine rings is 1. The molecule has 6 nitrogen and oxygen atoms in total. The molecule has 122 valence electrons. The molecule has 1 fully saturated rings. The Morgan fingerprint density at radius 3 is 2.52 bits per heavy atom. The fraction of sp³-hybridized carbons (Fsp3) is 0.867. The van der Waals surface area contributed by atoms with Crippen LogP contribution in [-0.2, 0) is 9.53 Å². The van der Waals surface area contributed by atoms with E-state index in [0.29, 0.717) is 6.42 Å². The van der Waals surface area contributed by atoms with Gasteiger partial charge in [-0.25, -0.2) is 4.79 Å². The summed E-state index contributed by atoms with van der Waals surface area (Å²) in [7, 11) is 0. The fourth-order valence-corrected chi connectivity index (χ4v) is 2.78. The van der Waals surface area contributed by atoms with Crippen molar-refractivity contribution < 1.29 is 19.4 Å². The number of amides is 1. The molecule has 1 aliphatic rings. The highest BCUT2D eigenvalue weighted by Crippen LogP contribution is 2.21. The van der Waals surface area contributed by atoms with Crippen molar-refractivity contribution in [2.24, 2.45) is 5.92 Å². The zero-order valence-corrected chi connectivity index (χ0v) is 13.5. The van der Waals surface area contributed by atoms with Gasteiger partial charge >= 0.3 is 12.1 Å². The lowest BCUT2D eigenvalue weighted by Crippen LogP contribution is -2.52. The molecule has 1 aliphatic heterocycles. The number of nitrogens with one attached hydrogen (secondary N) is 1. The van der Waals surface area contributed by atoms with Crippen molar-refractivity contribution in [2.45, 2.75) is 58.6 Å². The summed E-state index contributed by atoms with van der Waals surface area (Å²) in [5.41, 5.74) is -0.525. The zero-order valence-electron chi connectivity index (χ0n) is 13.5. The van der Waals surface area contributed by atoms with E-state index in [0.717, 1.165) is 26.1 Å². The van der Waals surface area contributed by atoms with Crippen LogP contribution in [0.1, 0.15) is 47.0 Å². The van der Waals surface area contributed by atoms with Crippen LogP contribution in [0.2, 0.25) is 0 Å². The second kappa shape index (κ2) is 7.64. The molecule has 0 saturated carbocycles. The molecule has 0 bridgehead atoms.